The lowest BCUT2D eigenvalue weighted by Crippen LogP contribution is -2.20. The molecule has 4 N–H and O–H groups in total. The van der Waals surface area contributed by atoms with E-state index in [9.17, 15) is 9.59 Å². The van der Waals surface area contributed by atoms with Gasteiger partial charge in [0.25, 0.3) is 5.91 Å². The standard InChI is InChI=1S/C24H19FN6O2/c1-13-6-7-26-20(10-13)31-24(33)30-14-2-3-16(19(25)11-14)15-4-5-17(22-27-8-9-28-22)21-18(15)12-29-23(21)32/h2-11H,12H2,1H3,(H,27,28)(H,29,32)(H2,26,30,31,33). The van der Waals surface area contributed by atoms with Crippen molar-refractivity contribution in [3.8, 4) is 22.5 Å². The maximum Gasteiger partial charge on any atom is 0.324 e. The highest BCUT2D eigenvalue weighted by Gasteiger charge is 2.28. The van der Waals surface area contributed by atoms with Gasteiger partial charge in [0, 0.05) is 41.9 Å². The highest BCUT2D eigenvalue weighted by molar-refractivity contribution is 6.06. The number of urea groups is 1. The monoisotopic (exact) mass is 442 g/mol. The van der Waals surface area contributed by atoms with E-state index in [1.54, 1.807) is 48.9 Å². The Morgan fingerprint density at radius 3 is 2.58 bits per heavy atom. The van der Waals surface area contributed by atoms with Crippen LogP contribution < -0.4 is 16.0 Å². The molecule has 5 rings (SSSR count). The molecule has 33 heavy (non-hydrogen) atoms. The molecule has 3 amide bonds. The van der Waals surface area contributed by atoms with Gasteiger partial charge in [0.2, 0.25) is 0 Å². The highest BCUT2D eigenvalue weighted by atomic mass is 19.1. The molecule has 1 aliphatic heterocycles. The number of aromatic amines is 1. The summed E-state index contributed by atoms with van der Waals surface area (Å²) in [5.74, 6) is 0.227. The number of hydrogen-bond acceptors (Lipinski definition) is 4. The number of nitrogens with zero attached hydrogens (tertiary/aromatic N) is 2. The molecule has 4 aromatic rings. The molecule has 0 saturated carbocycles. The lowest BCUT2D eigenvalue weighted by atomic mass is 9.92. The summed E-state index contributed by atoms with van der Waals surface area (Å²) >= 11 is 0. The van der Waals surface area contributed by atoms with E-state index in [4.69, 9.17) is 0 Å². The molecule has 3 heterocycles. The molecule has 0 unspecified atom stereocenters. The third-order valence-electron chi connectivity index (χ3n) is 5.39. The van der Waals surface area contributed by atoms with Gasteiger partial charge in [-0.1, -0.05) is 6.07 Å². The Balaban J connectivity index is 1.42. The van der Waals surface area contributed by atoms with Gasteiger partial charge in [-0.3, -0.25) is 10.1 Å². The Bertz CT molecular complexity index is 1380. The summed E-state index contributed by atoms with van der Waals surface area (Å²) < 4.78 is 15.1. The summed E-state index contributed by atoms with van der Waals surface area (Å²) in [6.45, 7) is 2.18. The van der Waals surface area contributed by atoms with Gasteiger partial charge in [0.15, 0.2) is 0 Å². The fourth-order valence-corrected chi connectivity index (χ4v) is 3.90. The predicted octanol–water partition coefficient (Wildman–Crippen LogP) is 4.47. The first-order valence-corrected chi connectivity index (χ1v) is 10.2. The van der Waals surface area contributed by atoms with Gasteiger partial charge < -0.3 is 15.6 Å². The molecule has 0 saturated heterocycles. The number of hydrogen-bond donors (Lipinski definition) is 4. The fraction of sp³-hybridized carbons (Fsp3) is 0.0833. The third kappa shape index (κ3) is 3.91. The van der Waals surface area contributed by atoms with Crippen molar-refractivity contribution in [2.75, 3.05) is 10.6 Å². The molecule has 0 bridgehead atoms. The van der Waals surface area contributed by atoms with Crippen molar-refractivity contribution in [2.45, 2.75) is 13.5 Å². The molecule has 9 heteroatoms. The van der Waals surface area contributed by atoms with Crippen LogP contribution in [-0.4, -0.2) is 26.9 Å². The van der Waals surface area contributed by atoms with Gasteiger partial charge in [-0.2, -0.15) is 0 Å². The Kier molecular flexibility index (Phi) is 5.06. The zero-order chi connectivity index (χ0) is 22.9. The molecule has 2 aromatic carbocycles. The van der Waals surface area contributed by atoms with Crippen LogP contribution in [0.5, 0.6) is 0 Å². The van der Waals surface area contributed by atoms with Gasteiger partial charge in [0.1, 0.15) is 17.5 Å². The van der Waals surface area contributed by atoms with Gasteiger partial charge in [0.05, 0.1) is 5.56 Å². The first kappa shape index (κ1) is 20.4. The summed E-state index contributed by atoms with van der Waals surface area (Å²) in [5, 5.41) is 8.03. The number of imidazole rings is 1. The number of amides is 3. The van der Waals surface area contributed by atoms with E-state index in [1.165, 1.54) is 6.07 Å². The quantitative estimate of drug-likeness (QED) is 0.373. The number of H-pyrrole nitrogens is 1. The third-order valence-corrected chi connectivity index (χ3v) is 5.39. The molecule has 0 atom stereocenters. The second-order valence-electron chi connectivity index (χ2n) is 7.63. The largest absolute Gasteiger partial charge is 0.348 e. The minimum Gasteiger partial charge on any atom is -0.348 e. The number of pyridine rings is 1. The summed E-state index contributed by atoms with van der Waals surface area (Å²) in [7, 11) is 0. The number of halogens is 1. The van der Waals surface area contributed by atoms with E-state index in [2.05, 4.69) is 30.9 Å². The van der Waals surface area contributed by atoms with Gasteiger partial charge >= 0.3 is 6.03 Å². The number of benzene rings is 2. The lowest BCUT2D eigenvalue weighted by Gasteiger charge is -2.13. The van der Waals surface area contributed by atoms with Crippen molar-refractivity contribution in [3.05, 3.63) is 83.6 Å². The van der Waals surface area contributed by atoms with Crippen molar-refractivity contribution in [3.63, 3.8) is 0 Å². The molecule has 0 aliphatic carbocycles. The van der Waals surface area contributed by atoms with Crippen LogP contribution in [0.25, 0.3) is 22.5 Å². The normalized spacial score (nSPS) is 12.2. The van der Waals surface area contributed by atoms with Crippen molar-refractivity contribution in [2.24, 2.45) is 0 Å². The second kappa shape index (κ2) is 8.19. The fourth-order valence-electron chi connectivity index (χ4n) is 3.90. The van der Waals surface area contributed by atoms with Crippen LogP contribution in [0.15, 0.2) is 61.1 Å². The summed E-state index contributed by atoms with van der Waals surface area (Å²) in [6.07, 6.45) is 4.88. The van der Waals surface area contributed by atoms with Crippen LogP contribution in [0.1, 0.15) is 21.5 Å². The SMILES string of the molecule is Cc1ccnc(NC(=O)Nc2ccc(-c3ccc(-c4ncc[nH]4)c4c3CNC4=O)c(F)c2)c1. The number of carbonyl (C=O) groups is 2. The number of aryl methyl sites for hydroxylation is 1. The number of carbonyl (C=O) groups excluding carboxylic acids is 2. The number of anilines is 2. The summed E-state index contributed by atoms with van der Waals surface area (Å²) in [6, 6.07) is 11.0. The van der Waals surface area contributed by atoms with E-state index in [1.807, 2.05) is 13.0 Å². The van der Waals surface area contributed by atoms with Gasteiger partial charge in [-0.25, -0.2) is 19.2 Å². The Hall–Kier alpha value is -4.53. The smallest absolute Gasteiger partial charge is 0.324 e. The molecule has 2 aromatic heterocycles. The number of fused-ring (bicyclic) bond motifs is 1. The lowest BCUT2D eigenvalue weighted by molar-refractivity contribution is 0.0966. The predicted molar refractivity (Wildman–Crippen MR) is 122 cm³/mol. The van der Waals surface area contributed by atoms with Crippen LogP contribution in [0.3, 0.4) is 0 Å². The van der Waals surface area contributed by atoms with E-state index >= 15 is 4.39 Å². The zero-order valence-corrected chi connectivity index (χ0v) is 17.6. The van der Waals surface area contributed by atoms with E-state index in [-0.39, 0.29) is 5.91 Å². The molecule has 0 fully saturated rings. The van der Waals surface area contributed by atoms with E-state index in [0.29, 0.717) is 51.7 Å². The Labute approximate surface area is 188 Å². The minimum atomic E-state index is -0.529. The summed E-state index contributed by atoms with van der Waals surface area (Å²) in [4.78, 5) is 36.1. The van der Waals surface area contributed by atoms with Gasteiger partial charge in [-0.15, -0.1) is 0 Å². The Morgan fingerprint density at radius 1 is 1.00 bits per heavy atom. The zero-order valence-electron chi connectivity index (χ0n) is 17.6. The van der Waals surface area contributed by atoms with Crippen LogP contribution in [-0.2, 0) is 6.54 Å². The number of nitrogens with one attached hydrogen (secondary N) is 4. The molecular weight excluding hydrogens is 423 g/mol. The first-order valence-electron chi connectivity index (χ1n) is 10.2. The topological polar surface area (TPSA) is 112 Å². The highest BCUT2D eigenvalue weighted by Crippen LogP contribution is 2.36. The average Bonchev–Trinajstić information content (AvgIpc) is 3.44. The van der Waals surface area contributed by atoms with Crippen LogP contribution in [0.2, 0.25) is 0 Å². The molecule has 164 valence electrons. The number of aromatic nitrogens is 3. The second-order valence-corrected chi connectivity index (χ2v) is 7.63. The van der Waals surface area contributed by atoms with Crippen LogP contribution in [0.4, 0.5) is 20.7 Å². The van der Waals surface area contributed by atoms with Crippen molar-refractivity contribution >= 4 is 23.4 Å². The number of rotatable bonds is 4. The first-order chi connectivity index (χ1) is 16.0. The summed E-state index contributed by atoms with van der Waals surface area (Å²) in [5.41, 5.74) is 4.03. The van der Waals surface area contributed by atoms with Crippen LogP contribution >= 0.6 is 0 Å². The molecule has 1 aliphatic rings. The minimum absolute atomic E-state index is 0.224. The van der Waals surface area contributed by atoms with E-state index < -0.39 is 11.8 Å². The van der Waals surface area contributed by atoms with Crippen LogP contribution in [0, 0.1) is 12.7 Å². The molecule has 0 spiro atoms. The molecule has 0 radical (unpaired) electrons. The molecule has 8 nitrogen and oxygen atoms in total. The van der Waals surface area contributed by atoms with E-state index in [0.717, 1.165) is 5.56 Å². The maximum absolute atomic E-state index is 15.1. The molecular formula is C24H19FN6O2. The maximum atomic E-state index is 15.1. The van der Waals surface area contributed by atoms with Crippen molar-refractivity contribution < 1.29 is 14.0 Å². The van der Waals surface area contributed by atoms with Gasteiger partial charge in [-0.05, 0) is 60.0 Å². The van der Waals surface area contributed by atoms with Crippen molar-refractivity contribution in [1.82, 2.24) is 20.3 Å². The average molecular weight is 442 g/mol. The Morgan fingerprint density at radius 2 is 1.82 bits per heavy atom. The van der Waals surface area contributed by atoms with Crippen molar-refractivity contribution in [1.29, 1.82) is 0 Å².